The Kier molecular flexibility index (Phi) is 6.66. The molecule has 0 atom stereocenters. The highest BCUT2D eigenvalue weighted by atomic mass is 32.2. The quantitative estimate of drug-likeness (QED) is 0.546. The smallest absolute Gasteiger partial charge is 0.263 e. The second-order valence-corrected chi connectivity index (χ2v) is 8.32. The topological polar surface area (TPSA) is 110 Å². The van der Waals surface area contributed by atoms with Crippen molar-refractivity contribution in [2.45, 2.75) is 18.7 Å². The van der Waals surface area contributed by atoms with Crippen LogP contribution in [0.15, 0.2) is 65.6 Å². The number of sulfonamides is 1. The van der Waals surface area contributed by atoms with Crippen molar-refractivity contribution in [1.29, 1.82) is 0 Å². The van der Waals surface area contributed by atoms with Gasteiger partial charge in [0, 0.05) is 29.1 Å². The van der Waals surface area contributed by atoms with Gasteiger partial charge < -0.3 is 10.1 Å². The number of amides is 1. The third-order valence-corrected chi connectivity index (χ3v) is 5.56. The van der Waals surface area contributed by atoms with Crippen LogP contribution in [0.1, 0.15) is 17.1 Å². The van der Waals surface area contributed by atoms with Crippen molar-refractivity contribution in [3.05, 3.63) is 77.8 Å². The van der Waals surface area contributed by atoms with E-state index in [2.05, 4.69) is 20.0 Å². The fourth-order valence-corrected chi connectivity index (χ4v) is 3.83. The van der Waals surface area contributed by atoms with Crippen LogP contribution < -0.4 is 14.8 Å². The number of benzene rings is 2. The number of aromatic nitrogens is 2. The van der Waals surface area contributed by atoms with Crippen LogP contribution in [0.2, 0.25) is 0 Å². The summed E-state index contributed by atoms with van der Waals surface area (Å²) in [6, 6.07) is 14.7. The number of ether oxygens (including phenoxy) is 1. The number of para-hydroxylation sites is 1. The van der Waals surface area contributed by atoms with Gasteiger partial charge in [-0.05, 0) is 50.3 Å². The van der Waals surface area contributed by atoms with Crippen molar-refractivity contribution >= 4 is 33.5 Å². The molecule has 0 radical (unpaired) electrons. The fraction of sp³-hybridized carbons (Fsp3) is 0.136. The Morgan fingerprint density at radius 2 is 1.74 bits per heavy atom. The van der Waals surface area contributed by atoms with E-state index in [9.17, 15) is 13.2 Å². The van der Waals surface area contributed by atoms with E-state index >= 15 is 0 Å². The van der Waals surface area contributed by atoms with Gasteiger partial charge in [0.15, 0.2) is 0 Å². The van der Waals surface area contributed by atoms with Gasteiger partial charge in [-0.1, -0.05) is 18.2 Å². The molecule has 0 spiro atoms. The first-order valence-electron chi connectivity index (χ1n) is 9.34. The molecule has 0 bridgehead atoms. The van der Waals surface area contributed by atoms with Crippen LogP contribution in [0.25, 0.3) is 6.08 Å². The van der Waals surface area contributed by atoms with Crippen LogP contribution in [0.5, 0.6) is 5.75 Å². The number of carbonyl (C=O) groups is 1. The van der Waals surface area contributed by atoms with Gasteiger partial charge in [0.05, 0.1) is 12.0 Å². The van der Waals surface area contributed by atoms with E-state index in [0.717, 1.165) is 5.56 Å². The van der Waals surface area contributed by atoms with E-state index in [1.807, 2.05) is 18.2 Å². The SMILES string of the molecule is COc1ccccc1/C=C/C(=O)Nc1ccc(S(=O)(=O)Nc2cc(C)nc(C)n2)cc1. The lowest BCUT2D eigenvalue weighted by Gasteiger charge is -2.09. The zero-order chi connectivity index (χ0) is 22.4. The molecule has 0 aliphatic carbocycles. The molecule has 8 nitrogen and oxygen atoms in total. The highest BCUT2D eigenvalue weighted by molar-refractivity contribution is 7.92. The Morgan fingerprint density at radius 3 is 2.42 bits per heavy atom. The van der Waals surface area contributed by atoms with Gasteiger partial charge >= 0.3 is 0 Å². The van der Waals surface area contributed by atoms with Crippen LogP contribution in [0.3, 0.4) is 0 Å². The third kappa shape index (κ3) is 5.89. The summed E-state index contributed by atoms with van der Waals surface area (Å²) in [5.74, 6) is 0.968. The Bertz CT molecular complexity index is 1200. The minimum absolute atomic E-state index is 0.0454. The van der Waals surface area contributed by atoms with Gasteiger partial charge in [-0.2, -0.15) is 0 Å². The summed E-state index contributed by atoms with van der Waals surface area (Å²) in [5.41, 5.74) is 1.88. The Balaban J connectivity index is 1.68. The maximum atomic E-state index is 12.6. The molecule has 0 aliphatic heterocycles. The maximum Gasteiger partial charge on any atom is 0.263 e. The first-order valence-corrected chi connectivity index (χ1v) is 10.8. The lowest BCUT2D eigenvalue weighted by atomic mass is 10.2. The first kappa shape index (κ1) is 22.0. The Labute approximate surface area is 181 Å². The molecule has 0 saturated heterocycles. The molecule has 31 heavy (non-hydrogen) atoms. The second kappa shape index (κ2) is 9.40. The molecule has 1 heterocycles. The van der Waals surface area contributed by atoms with Crippen LogP contribution in [0, 0.1) is 13.8 Å². The van der Waals surface area contributed by atoms with E-state index in [1.165, 1.54) is 30.3 Å². The van der Waals surface area contributed by atoms with Gasteiger partial charge in [-0.3, -0.25) is 9.52 Å². The largest absolute Gasteiger partial charge is 0.496 e. The number of carbonyl (C=O) groups excluding carboxylic acids is 1. The van der Waals surface area contributed by atoms with Crippen molar-refractivity contribution in [2.75, 3.05) is 17.1 Å². The minimum atomic E-state index is -3.83. The molecule has 0 fully saturated rings. The summed E-state index contributed by atoms with van der Waals surface area (Å²) >= 11 is 0. The normalized spacial score (nSPS) is 11.3. The van der Waals surface area contributed by atoms with Crippen LogP contribution in [-0.4, -0.2) is 31.4 Å². The predicted molar refractivity (Wildman–Crippen MR) is 119 cm³/mol. The third-order valence-electron chi connectivity index (χ3n) is 4.19. The Hall–Kier alpha value is -3.72. The zero-order valence-corrected chi connectivity index (χ0v) is 18.1. The van der Waals surface area contributed by atoms with Crippen LogP contribution >= 0.6 is 0 Å². The van der Waals surface area contributed by atoms with E-state index in [1.54, 1.807) is 39.2 Å². The number of aryl methyl sites for hydroxylation is 2. The first-order chi connectivity index (χ1) is 14.8. The lowest BCUT2D eigenvalue weighted by Crippen LogP contribution is -2.15. The molecule has 2 aromatic carbocycles. The number of hydrogen-bond acceptors (Lipinski definition) is 6. The summed E-state index contributed by atoms with van der Waals surface area (Å²) < 4.78 is 32.9. The van der Waals surface area contributed by atoms with Crippen molar-refractivity contribution < 1.29 is 17.9 Å². The number of nitrogens with zero attached hydrogens (tertiary/aromatic N) is 2. The summed E-state index contributed by atoms with van der Waals surface area (Å²) in [7, 11) is -2.27. The number of anilines is 2. The molecule has 0 saturated carbocycles. The second-order valence-electron chi connectivity index (χ2n) is 6.64. The molecule has 3 rings (SSSR count). The van der Waals surface area contributed by atoms with Crippen molar-refractivity contribution in [2.24, 2.45) is 0 Å². The summed E-state index contributed by atoms with van der Waals surface area (Å²) in [6.07, 6.45) is 3.02. The average Bonchev–Trinajstić information content (AvgIpc) is 2.71. The van der Waals surface area contributed by atoms with E-state index in [0.29, 0.717) is 23.0 Å². The molecule has 1 amide bonds. The average molecular weight is 439 g/mol. The van der Waals surface area contributed by atoms with Crippen LogP contribution in [0.4, 0.5) is 11.5 Å². The molecular weight excluding hydrogens is 416 g/mol. The van der Waals surface area contributed by atoms with E-state index < -0.39 is 10.0 Å². The molecule has 0 aliphatic rings. The highest BCUT2D eigenvalue weighted by Gasteiger charge is 2.15. The zero-order valence-electron chi connectivity index (χ0n) is 17.3. The standard InChI is InChI=1S/C22H22N4O4S/c1-15-14-21(24-16(2)23-15)26-31(28,29)19-11-9-18(10-12-19)25-22(27)13-8-17-6-4-5-7-20(17)30-3/h4-14H,1-3H3,(H,25,27)(H,23,24,26)/b13-8+. The fourth-order valence-electron chi connectivity index (χ4n) is 2.84. The molecule has 1 aromatic heterocycles. The van der Waals surface area contributed by atoms with Crippen molar-refractivity contribution in [3.63, 3.8) is 0 Å². The maximum absolute atomic E-state index is 12.6. The molecular formula is C22H22N4O4S. The summed E-state index contributed by atoms with van der Waals surface area (Å²) in [6.45, 7) is 3.44. The minimum Gasteiger partial charge on any atom is -0.496 e. The van der Waals surface area contributed by atoms with Gasteiger partial charge in [0.25, 0.3) is 10.0 Å². The molecule has 0 unspecified atom stereocenters. The van der Waals surface area contributed by atoms with Gasteiger partial charge in [-0.25, -0.2) is 18.4 Å². The molecule has 3 aromatic rings. The van der Waals surface area contributed by atoms with Gasteiger partial charge in [0.2, 0.25) is 5.91 Å². The van der Waals surface area contributed by atoms with Crippen molar-refractivity contribution in [1.82, 2.24) is 9.97 Å². The van der Waals surface area contributed by atoms with Crippen LogP contribution in [-0.2, 0) is 14.8 Å². The molecule has 160 valence electrons. The van der Waals surface area contributed by atoms with E-state index in [-0.39, 0.29) is 16.6 Å². The van der Waals surface area contributed by atoms with Crippen molar-refractivity contribution in [3.8, 4) is 5.75 Å². The van der Waals surface area contributed by atoms with E-state index in [4.69, 9.17) is 4.74 Å². The van der Waals surface area contributed by atoms with Gasteiger partial charge in [0.1, 0.15) is 17.4 Å². The Morgan fingerprint density at radius 1 is 1.03 bits per heavy atom. The predicted octanol–water partition coefficient (Wildman–Crippen LogP) is 3.55. The summed E-state index contributed by atoms with van der Waals surface area (Å²) in [4.78, 5) is 20.4. The molecule has 2 N–H and O–H groups in total. The highest BCUT2D eigenvalue weighted by Crippen LogP contribution is 2.20. The lowest BCUT2D eigenvalue weighted by molar-refractivity contribution is -0.111. The number of hydrogen-bond donors (Lipinski definition) is 2. The molecule has 9 heteroatoms. The summed E-state index contributed by atoms with van der Waals surface area (Å²) in [5, 5.41) is 2.69. The number of rotatable bonds is 7. The number of methoxy groups -OCH3 is 1. The van der Waals surface area contributed by atoms with Gasteiger partial charge in [-0.15, -0.1) is 0 Å². The number of nitrogens with one attached hydrogen (secondary N) is 2. The monoisotopic (exact) mass is 438 g/mol.